The van der Waals surface area contributed by atoms with Crippen LogP contribution in [0.3, 0.4) is 0 Å². The molecule has 0 fully saturated rings. The number of halogens is 1. The van der Waals surface area contributed by atoms with E-state index in [0.717, 1.165) is 6.07 Å². The number of nitriles is 1. The van der Waals surface area contributed by atoms with Gasteiger partial charge in [-0.25, -0.2) is 9.18 Å². The van der Waals surface area contributed by atoms with Gasteiger partial charge in [-0.2, -0.15) is 5.26 Å². The van der Waals surface area contributed by atoms with Crippen molar-refractivity contribution in [2.24, 2.45) is 0 Å². The largest absolute Gasteiger partial charge is 0.476 e. The number of carbonyl (C=O) groups excluding carboxylic acids is 1. The van der Waals surface area contributed by atoms with Crippen molar-refractivity contribution < 1.29 is 18.7 Å². The van der Waals surface area contributed by atoms with E-state index in [0.29, 0.717) is 0 Å². The summed E-state index contributed by atoms with van der Waals surface area (Å²) >= 11 is 0. The molecule has 0 aliphatic heterocycles. The Morgan fingerprint density at radius 1 is 1.42 bits per heavy atom. The standard InChI is InChI=1S/C14H16FNO3/c1-9(13(17)19-14(2,3)4)18-12-6-5-10(8-16)7-11(12)15/h5-7,9H,1-4H3. The summed E-state index contributed by atoms with van der Waals surface area (Å²) in [5.74, 6) is -1.34. The maximum atomic E-state index is 13.6. The number of nitrogens with zero attached hydrogens (tertiary/aromatic N) is 1. The third-order valence-corrected chi connectivity index (χ3v) is 2.10. The van der Waals surface area contributed by atoms with Crippen LogP contribution in [0.2, 0.25) is 0 Å². The van der Waals surface area contributed by atoms with Crippen LogP contribution in [0.5, 0.6) is 5.75 Å². The number of carbonyl (C=O) groups is 1. The highest BCUT2D eigenvalue weighted by atomic mass is 19.1. The quantitative estimate of drug-likeness (QED) is 0.788. The van der Waals surface area contributed by atoms with Crippen molar-refractivity contribution >= 4 is 5.97 Å². The molecule has 0 aliphatic rings. The number of rotatable bonds is 3. The Hall–Kier alpha value is -2.09. The lowest BCUT2D eigenvalue weighted by Crippen LogP contribution is -2.33. The Labute approximate surface area is 111 Å². The lowest BCUT2D eigenvalue weighted by Gasteiger charge is -2.22. The molecule has 0 saturated heterocycles. The molecule has 0 amide bonds. The lowest BCUT2D eigenvalue weighted by atomic mass is 10.2. The first-order valence-electron chi connectivity index (χ1n) is 5.82. The van der Waals surface area contributed by atoms with E-state index in [2.05, 4.69) is 0 Å². The number of hydrogen-bond acceptors (Lipinski definition) is 4. The predicted molar refractivity (Wildman–Crippen MR) is 67.1 cm³/mol. The molecule has 19 heavy (non-hydrogen) atoms. The Bertz CT molecular complexity index is 514. The van der Waals surface area contributed by atoms with Crippen LogP contribution in [0, 0.1) is 17.1 Å². The summed E-state index contributed by atoms with van der Waals surface area (Å²) in [6.45, 7) is 6.69. The van der Waals surface area contributed by atoms with E-state index in [4.69, 9.17) is 14.7 Å². The highest BCUT2D eigenvalue weighted by Crippen LogP contribution is 2.20. The van der Waals surface area contributed by atoms with E-state index in [1.807, 2.05) is 6.07 Å². The molecule has 0 spiro atoms. The van der Waals surface area contributed by atoms with E-state index >= 15 is 0 Å². The Balaban J connectivity index is 2.75. The van der Waals surface area contributed by atoms with Crippen molar-refractivity contribution in [3.8, 4) is 11.8 Å². The average Bonchev–Trinajstić information content (AvgIpc) is 2.29. The molecule has 5 heteroatoms. The van der Waals surface area contributed by atoms with E-state index in [-0.39, 0.29) is 11.3 Å². The zero-order valence-corrected chi connectivity index (χ0v) is 11.4. The molecule has 102 valence electrons. The molecule has 1 aromatic rings. The molecular formula is C14H16FNO3. The van der Waals surface area contributed by atoms with Crippen LogP contribution >= 0.6 is 0 Å². The monoisotopic (exact) mass is 265 g/mol. The van der Waals surface area contributed by atoms with Gasteiger partial charge in [0, 0.05) is 0 Å². The van der Waals surface area contributed by atoms with Gasteiger partial charge in [-0.1, -0.05) is 0 Å². The van der Waals surface area contributed by atoms with Crippen molar-refractivity contribution in [3.63, 3.8) is 0 Å². The first-order valence-corrected chi connectivity index (χ1v) is 5.82. The fourth-order valence-electron chi connectivity index (χ4n) is 1.29. The van der Waals surface area contributed by atoms with E-state index < -0.39 is 23.5 Å². The van der Waals surface area contributed by atoms with E-state index in [1.54, 1.807) is 20.8 Å². The number of esters is 1. The first kappa shape index (κ1) is 15.0. The van der Waals surface area contributed by atoms with Crippen LogP contribution in [-0.4, -0.2) is 17.7 Å². The van der Waals surface area contributed by atoms with E-state index in [1.165, 1.54) is 19.1 Å². The molecular weight excluding hydrogens is 249 g/mol. The van der Waals surface area contributed by atoms with Gasteiger partial charge >= 0.3 is 5.97 Å². The summed E-state index contributed by atoms with van der Waals surface area (Å²) in [5.41, 5.74) is -0.437. The van der Waals surface area contributed by atoms with Gasteiger partial charge in [0.1, 0.15) is 5.60 Å². The molecule has 0 heterocycles. The van der Waals surface area contributed by atoms with Gasteiger partial charge in [0.25, 0.3) is 0 Å². The summed E-state index contributed by atoms with van der Waals surface area (Å²) in [6.07, 6.45) is -0.929. The van der Waals surface area contributed by atoms with Gasteiger partial charge < -0.3 is 9.47 Å². The third kappa shape index (κ3) is 4.59. The van der Waals surface area contributed by atoms with Crippen LogP contribution in [0.15, 0.2) is 18.2 Å². The molecule has 1 unspecified atom stereocenters. The topological polar surface area (TPSA) is 59.3 Å². The van der Waals surface area contributed by atoms with Gasteiger partial charge in [0.05, 0.1) is 11.6 Å². The SMILES string of the molecule is CC(Oc1ccc(C#N)cc1F)C(=O)OC(C)(C)C. The van der Waals surface area contributed by atoms with Crippen molar-refractivity contribution in [2.75, 3.05) is 0 Å². The maximum absolute atomic E-state index is 13.6. The molecule has 0 bridgehead atoms. The average molecular weight is 265 g/mol. The van der Waals surface area contributed by atoms with Crippen LogP contribution in [0.4, 0.5) is 4.39 Å². The molecule has 0 aliphatic carbocycles. The van der Waals surface area contributed by atoms with Gasteiger partial charge in [-0.05, 0) is 45.9 Å². The summed E-state index contributed by atoms with van der Waals surface area (Å²) < 4.78 is 23.9. The minimum absolute atomic E-state index is 0.0858. The van der Waals surface area contributed by atoms with Crippen molar-refractivity contribution in [3.05, 3.63) is 29.6 Å². The molecule has 4 nitrogen and oxygen atoms in total. The highest BCUT2D eigenvalue weighted by Gasteiger charge is 2.23. The second-order valence-corrected chi connectivity index (χ2v) is 5.05. The molecule has 1 rings (SSSR count). The van der Waals surface area contributed by atoms with Crippen LogP contribution in [0.1, 0.15) is 33.3 Å². The zero-order chi connectivity index (χ0) is 14.6. The second-order valence-electron chi connectivity index (χ2n) is 5.05. The minimum Gasteiger partial charge on any atom is -0.476 e. The van der Waals surface area contributed by atoms with Gasteiger partial charge in [0.2, 0.25) is 0 Å². The van der Waals surface area contributed by atoms with E-state index in [9.17, 15) is 9.18 Å². The zero-order valence-electron chi connectivity index (χ0n) is 11.4. The maximum Gasteiger partial charge on any atom is 0.347 e. The molecule has 0 aromatic heterocycles. The van der Waals surface area contributed by atoms with Gasteiger partial charge in [0.15, 0.2) is 17.7 Å². The Morgan fingerprint density at radius 2 is 2.05 bits per heavy atom. The van der Waals surface area contributed by atoms with Crippen molar-refractivity contribution in [1.82, 2.24) is 0 Å². The second kappa shape index (κ2) is 5.70. The summed E-state index contributed by atoms with van der Waals surface area (Å²) in [5, 5.41) is 8.62. The number of ether oxygens (including phenoxy) is 2. The molecule has 0 N–H and O–H groups in total. The number of benzene rings is 1. The lowest BCUT2D eigenvalue weighted by molar-refractivity contribution is -0.162. The molecule has 1 aromatic carbocycles. The minimum atomic E-state index is -0.929. The fourth-order valence-corrected chi connectivity index (χ4v) is 1.29. The Morgan fingerprint density at radius 3 is 2.53 bits per heavy atom. The molecule has 0 saturated carbocycles. The summed E-state index contributed by atoms with van der Waals surface area (Å²) in [6, 6.07) is 5.60. The van der Waals surface area contributed by atoms with Gasteiger partial charge in [-0.15, -0.1) is 0 Å². The third-order valence-electron chi connectivity index (χ3n) is 2.10. The molecule has 1 atom stereocenters. The normalized spacial score (nSPS) is 12.4. The van der Waals surface area contributed by atoms with Crippen molar-refractivity contribution in [1.29, 1.82) is 5.26 Å². The predicted octanol–water partition coefficient (Wildman–Crippen LogP) is 2.81. The van der Waals surface area contributed by atoms with Crippen LogP contribution < -0.4 is 4.74 Å². The Kier molecular flexibility index (Phi) is 4.49. The first-order chi connectivity index (χ1) is 8.73. The number of hydrogen-bond donors (Lipinski definition) is 0. The van der Waals surface area contributed by atoms with Crippen LogP contribution in [0.25, 0.3) is 0 Å². The smallest absolute Gasteiger partial charge is 0.347 e. The highest BCUT2D eigenvalue weighted by molar-refractivity contribution is 5.75. The van der Waals surface area contributed by atoms with Crippen molar-refractivity contribution in [2.45, 2.75) is 39.4 Å². The summed E-state index contributed by atoms with van der Waals surface area (Å²) in [7, 11) is 0. The van der Waals surface area contributed by atoms with Gasteiger partial charge in [-0.3, -0.25) is 0 Å². The van der Waals surface area contributed by atoms with Crippen LogP contribution in [-0.2, 0) is 9.53 Å². The molecule has 0 radical (unpaired) electrons. The fraction of sp³-hybridized carbons (Fsp3) is 0.429. The summed E-state index contributed by atoms with van der Waals surface area (Å²) in [4.78, 5) is 11.7.